The molecule has 1 unspecified atom stereocenters. The highest BCUT2D eigenvalue weighted by molar-refractivity contribution is 5.79. The van der Waals surface area contributed by atoms with E-state index in [2.05, 4.69) is 11.8 Å². The molecule has 0 radical (unpaired) electrons. The quantitative estimate of drug-likeness (QED) is 0.652. The van der Waals surface area contributed by atoms with Gasteiger partial charge in [-0.2, -0.15) is 0 Å². The van der Waals surface area contributed by atoms with Gasteiger partial charge in [0.2, 0.25) is 0 Å². The number of esters is 1. The van der Waals surface area contributed by atoms with Crippen molar-refractivity contribution >= 4 is 5.97 Å². The summed E-state index contributed by atoms with van der Waals surface area (Å²) in [6, 6.07) is 0. The molecule has 0 heterocycles. The van der Waals surface area contributed by atoms with E-state index in [1.807, 2.05) is 6.92 Å². The van der Waals surface area contributed by atoms with Crippen LogP contribution in [0.5, 0.6) is 0 Å². The van der Waals surface area contributed by atoms with E-state index in [-0.39, 0.29) is 5.97 Å². The number of nitrogens with zero attached hydrogens (tertiary/aromatic N) is 1. The number of ether oxygens (including phenoxy) is 1. The summed E-state index contributed by atoms with van der Waals surface area (Å²) in [5, 5.41) is 0. The minimum Gasteiger partial charge on any atom is -0.465 e. The first kappa shape index (κ1) is 16.4. The normalized spacial score (nSPS) is 19.0. The van der Waals surface area contributed by atoms with Gasteiger partial charge in [-0.1, -0.05) is 13.3 Å². The molecule has 0 spiro atoms. The maximum atomic E-state index is 11.7. The van der Waals surface area contributed by atoms with E-state index in [4.69, 9.17) is 10.5 Å². The summed E-state index contributed by atoms with van der Waals surface area (Å²) >= 11 is 0. The number of hydrogen-bond donors (Lipinski definition) is 1. The highest BCUT2D eigenvalue weighted by Gasteiger charge is 2.29. The van der Waals surface area contributed by atoms with Crippen LogP contribution in [0.15, 0.2) is 0 Å². The van der Waals surface area contributed by atoms with E-state index < -0.39 is 5.54 Å². The number of nitrogens with two attached hydrogens (primary N) is 1. The molecule has 112 valence electrons. The highest BCUT2D eigenvalue weighted by atomic mass is 16.5. The van der Waals surface area contributed by atoms with Gasteiger partial charge in [-0.25, -0.2) is 0 Å². The lowest BCUT2D eigenvalue weighted by Gasteiger charge is -2.32. The number of carbonyl (C=O) groups is 1. The predicted molar refractivity (Wildman–Crippen MR) is 77.9 cm³/mol. The Kier molecular flexibility index (Phi) is 6.80. The zero-order valence-electron chi connectivity index (χ0n) is 12.8. The summed E-state index contributed by atoms with van der Waals surface area (Å²) in [6.07, 6.45) is 5.80. The van der Waals surface area contributed by atoms with Gasteiger partial charge in [0.1, 0.15) is 5.54 Å². The topological polar surface area (TPSA) is 55.6 Å². The van der Waals surface area contributed by atoms with Crippen LogP contribution in [0.25, 0.3) is 0 Å². The smallest absolute Gasteiger partial charge is 0.325 e. The van der Waals surface area contributed by atoms with Crippen molar-refractivity contribution in [3.05, 3.63) is 0 Å². The first-order valence-corrected chi connectivity index (χ1v) is 7.68. The van der Waals surface area contributed by atoms with Gasteiger partial charge in [0.25, 0.3) is 0 Å². The van der Waals surface area contributed by atoms with Crippen molar-refractivity contribution in [2.45, 2.75) is 58.4 Å². The van der Waals surface area contributed by atoms with Crippen LogP contribution in [-0.4, -0.2) is 42.6 Å². The minimum atomic E-state index is -0.841. The summed E-state index contributed by atoms with van der Waals surface area (Å²) in [5.41, 5.74) is 5.18. The van der Waals surface area contributed by atoms with Crippen LogP contribution in [0, 0.1) is 5.92 Å². The molecule has 0 aromatic rings. The van der Waals surface area contributed by atoms with E-state index in [1.165, 1.54) is 25.8 Å². The molecule has 1 aliphatic carbocycles. The first-order chi connectivity index (χ1) is 8.99. The molecule has 0 bridgehead atoms. The molecule has 4 heteroatoms. The Balaban J connectivity index is 2.24. The Morgan fingerprint density at radius 3 is 2.58 bits per heavy atom. The lowest BCUT2D eigenvalue weighted by Crippen LogP contribution is -2.46. The third kappa shape index (κ3) is 5.49. The van der Waals surface area contributed by atoms with Crippen molar-refractivity contribution in [3.8, 4) is 0 Å². The maximum Gasteiger partial charge on any atom is 0.325 e. The Morgan fingerprint density at radius 1 is 1.42 bits per heavy atom. The molecule has 1 fully saturated rings. The average Bonchev–Trinajstić information content (AvgIpc) is 2.31. The Labute approximate surface area is 117 Å². The fourth-order valence-corrected chi connectivity index (χ4v) is 2.49. The van der Waals surface area contributed by atoms with E-state index in [0.29, 0.717) is 13.0 Å². The zero-order valence-corrected chi connectivity index (χ0v) is 12.8. The second-order valence-corrected chi connectivity index (χ2v) is 5.93. The molecule has 0 aliphatic heterocycles. The summed E-state index contributed by atoms with van der Waals surface area (Å²) in [6.45, 7) is 9.49. The van der Waals surface area contributed by atoms with Crippen molar-refractivity contribution in [2.75, 3.05) is 26.2 Å². The lowest BCUT2D eigenvalue weighted by atomic mass is 9.85. The van der Waals surface area contributed by atoms with Crippen molar-refractivity contribution in [2.24, 2.45) is 11.7 Å². The molecule has 1 rings (SSSR count). The molecule has 1 aliphatic rings. The van der Waals surface area contributed by atoms with Gasteiger partial charge < -0.3 is 15.4 Å². The van der Waals surface area contributed by atoms with Crippen molar-refractivity contribution in [1.29, 1.82) is 0 Å². The fraction of sp³-hybridized carbons (Fsp3) is 0.933. The van der Waals surface area contributed by atoms with Gasteiger partial charge in [-0.15, -0.1) is 0 Å². The van der Waals surface area contributed by atoms with Crippen molar-refractivity contribution in [3.63, 3.8) is 0 Å². The summed E-state index contributed by atoms with van der Waals surface area (Å²) < 4.78 is 5.00. The highest BCUT2D eigenvalue weighted by Crippen LogP contribution is 2.27. The largest absolute Gasteiger partial charge is 0.465 e. The molecule has 0 aromatic heterocycles. The van der Waals surface area contributed by atoms with E-state index in [1.54, 1.807) is 6.92 Å². The van der Waals surface area contributed by atoms with Gasteiger partial charge in [0.05, 0.1) is 6.61 Å². The van der Waals surface area contributed by atoms with Crippen LogP contribution in [-0.2, 0) is 9.53 Å². The monoisotopic (exact) mass is 270 g/mol. The second-order valence-electron chi connectivity index (χ2n) is 5.93. The van der Waals surface area contributed by atoms with Crippen LogP contribution < -0.4 is 5.73 Å². The van der Waals surface area contributed by atoms with Crippen LogP contribution in [0.3, 0.4) is 0 Å². The molecular formula is C15H30N2O2. The lowest BCUT2D eigenvalue weighted by molar-refractivity contribution is -0.149. The summed E-state index contributed by atoms with van der Waals surface area (Å²) in [5.74, 6) is 0.617. The third-order valence-electron chi connectivity index (χ3n) is 4.10. The van der Waals surface area contributed by atoms with Crippen LogP contribution >= 0.6 is 0 Å². The van der Waals surface area contributed by atoms with E-state index >= 15 is 0 Å². The van der Waals surface area contributed by atoms with Crippen molar-refractivity contribution < 1.29 is 9.53 Å². The van der Waals surface area contributed by atoms with Gasteiger partial charge in [0.15, 0.2) is 0 Å². The van der Waals surface area contributed by atoms with Gasteiger partial charge >= 0.3 is 5.97 Å². The predicted octanol–water partition coefficient (Wildman–Crippen LogP) is 2.17. The Hall–Kier alpha value is -0.610. The first-order valence-electron chi connectivity index (χ1n) is 7.68. The summed E-state index contributed by atoms with van der Waals surface area (Å²) in [7, 11) is 0. The molecular weight excluding hydrogens is 240 g/mol. The molecule has 0 aromatic carbocycles. The standard InChI is InChI=1S/C15H30N2O2/c1-4-17(12-13-8-6-9-13)11-7-10-15(3,16)14(18)19-5-2/h13H,4-12,16H2,1-3H3. The zero-order chi connectivity index (χ0) is 14.3. The van der Waals surface area contributed by atoms with E-state index in [9.17, 15) is 4.79 Å². The second kappa shape index (κ2) is 7.85. The van der Waals surface area contributed by atoms with Crippen LogP contribution in [0.2, 0.25) is 0 Å². The maximum absolute atomic E-state index is 11.7. The Morgan fingerprint density at radius 2 is 2.11 bits per heavy atom. The van der Waals surface area contributed by atoms with Crippen molar-refractivity contribution in [1.82, 2.24) is 4.90 Å². The third-order valence-corrected chi connectivity index (χ3v) is 4.10. The average molecular weight is 270 g/mol. The SMILES string of the molecule is CCOC(=O)C(C)(N)CCCN(CC)CC1CCC1. The molecule has 1 atom stereocenters. The molecule has 19 heavy (non-hydrogen) atoms. The van der Waals surface area contributed by atoms with Gasteiger partial charge in [-0.05, 0) is 58.5 Å². The number of carbonyl (C=O) groups excluding carboxylic acids is 1. The Bertz CT molecular complexity index is 275. The van der Waals surface area contributed by atoms with Gasteiger partial charge in [0, 0.05) is 6.54 Å². The van der Waals surface area contributed by atoms with Crippen LogP contribution in [0.1, 0.15) is 52.9 Å². The number of hydrogen-bond acceptors (Lipinski definition) is 4. The van der Waals surface area contributed by atoms with Gasteiger partial charge in [-0.3, -0.25) is 4.79 Å². The van der Waals surface area contributed by atoms with E-state index in [0.717, 1.165) is 25.4 Å². The molecule has 0 amide bonds. The number of rotatable bonds is 9. The molecule has 0 saturated heterocycles. The molecule has 4 nitrogen and oxygen atoms in total. The molecule has 1 saturated carbocycles. The minimum absolute atomic E-state index is 0.281. The molecule has 2 N–H and O–H groups in total. The summed E-state index contributed by atoms with van der Waals surface area (Å²) in [4.78, 5) is 14.2. The van der Waals surface area contributed by atoms with Crippen LogP contribution in [0.4, 0.5) is 0 Å². The fourth-order valence-electron chi connectivity index (χ4n) is 2.49.